The standard InChI is InChI=1S/C26H17F3N6O3/c1-35-12-15(8-33-35)18-10-31-13-32-26(18)38-23-7-20(28)22(6-21(23)29)34-25(37)19-11-30-9-17(24(19)36)14-2-4-16(27)5-3-14/h2-13H,1H3,(H,30,36)(H,34,37). The normalized spacial score (nSPS) is 10.8. The summed E-state index contributed by atoms with van der Waals surface area (Å²) in [6.07, 6.45) is 8.33. The van der Waals surface area contributed by atoms with Crippen LogP contribution in [0.5, 0.6) is 11.6 Å². The molecular formula is C26H17F3N6O3. The number of carbonyl (C=O) groups excluding carboxylic acids is 1. The van der Waals surface area contributed by atoms with Gasteiger partial charge in [0.2, 0.25) is 11.3 Å². The van der Waals surface area contributed by atoms with Crippen molar-refractivity contribution in [1.82, 2.24) is 24.7 Å². The molecule has 5 rings (SSSR count). The molecule has 0 fully saturated rings. The van der Waals surface area contributed by atoms with Crippen molar-refractivity contribution in [3.63, 3.8) is 0 Å². The minimum Gasteiger partial charge on any atom is -0.435 e. The number of hydrogen-bond donors (Lipinski definition) is 2. The van der Waals surface area contributed by atoms with E-state index in [0.717, 1.165) is 18.3 Å². The summed E-state index contributed by atoms with van der Waals surface area (Å²) in [7, 11) is 1.71. The fraction of sp³-hybridized carbons (Fsp3) is 0.0385. The lowest BCUT2D eigenvalue weighted by molar-refractivity contribution is 0.102. The van der Waals surface area contributed by atoms with Crippen molar-refractivity contribution in [1.29, 1.82) is 0 Å². The van der Waals surface area contributed by atoms with Gasteiger partial charge in [0, 0.05) is 55.1 Å². The average molecular weight is 518 g/mol. The first kappa shape index (κ1) is 24.4. The Morgan fingerprint density at radius 1 is 1.00 bits per heavy atom. The molecule has 12 heteroatoms. The topological polar surface area (TPSA) is 115 Å². The number of H-pyrrole nitrogens is 1. The number of rotatable bonds is 6. The van der Waals surface area contributed by atoms with Crippen molar-refractivity contribution >= 4 is 11.6 Å². The zero-order valence-corrected chi connectivity index (χ0v) is 19.6. The van der Waals surface area contributed by atoms with Crippen molar-refractivity contribution < 1.29 is 22.7 Å². The summed E-state index contributed by atoms with van der Waals surface area (Å²) in [4.78, 5) is 36.3. The van der Waals surface area contributed by atoms with Crippen LogP contribution in [0.4, 0.5) is 18.9 Å². The van der Waals surface area contributed by atoms with Crippen LogP contribution in [0.15, 0.2) is 78.5 Å². The number of aromatic nitrogens is 5. The SMILES string of the molecule is Cn1cc(-c2cncnc2Oc2cc(F)c(NC(=O)c3c[nH]cc(-c4ccc(F)cc4)c3=O)cc2F)cn1. The molecule has 0 aliphatic carbocycles. The van der Waals surface area contributed by atoms with Gasteiger partial charge in [-0.3, -0.25) is 14.3 Å². The average Bonchev–Trinajstić information content (AvgIpc) is 3.34. The number of hydrogen-bond acceptors (Lipinski definition) is 6. The maximum absolute atomic E-state index is 14.9. The van der Waals surface area contributed by atoms with E-state index in [4.69, 9.17) is 4.74 Å². The zero-order valence-electron chi connectivity index (χ0n) is 19.6. The van der Waals surface area contributed by atoms with Crippen LogP contribution in [0.2, 0.25) is 0 Å². The first-order valence-corrected chi connectivity index (χ1v) is 11.0. The first-order chi connectivity index (χ1) is 18.3. The molecule has 3 heterocycles. The summed E-state index contributed by atoms with van der Waals surface area (Å²) in [5.41, 5.74) is -0.0752. The second-order valence-corrected chi connectivity index (χ2v) is 8.08. The Morgan fingerprint density at radius 2 is 1.79 bits per heavy atom. The number of aromatic amines is 1. The van der Waals surface area contributed by atoms with Crippen LogP contribution in [-0.2, 0) is 7.05 Å². The van der Waals surface area contributed by atoms with E-state index < -0.39 is 40.2 Å². The van der Waals surface area contributed by atoms with E-state index in [9.17, 15) is 22.8 Å². The summed E-state index contributed by atoms with van der Waals surface area (Å²) in [5, 5.41) is 6.26. The highest BCUT2D eigenvalue weighted by molar-refractivity contribution is 6.04. The minimum atomic E-state index is -1.02. The molecule has 1 amide bonds. The van der Waals surface area contributed by atoms with E-state index in [-0.39, 0.29) is 17.0 Å². The molecule has 0 radical (unpaired) electrons. The van der Waals surface area contributed by atoms with E-state index in [0.29, 0.717) is 16.7 Å². The van der Waals surface area contributed by atoms with E-state index in [2.05, 4.69) is 25.4 Å². The third-order valence-corrected chi connectivity index (χ3v) is 5.51. The molecule has 9 nitrogen and oxygen atoms in total. The maximum Gasteiger partial charge on any atom is 0.261 e. The number of pyridine rings is 1. The Balaban J connectivity index is 1.40. The lowest BCUT2D eigenvalue weighted by atomic mass is 10.0. The number of ether oxygens (including phenoxy) is 1. The lowest BCUT2D eigenvalue weighted by Crippen LogP contribution is -2.23. The molecule has 0 saturated carbocycles. The van der Waals surface area contributed by atoms with Gasteiger partial charge in [0.15, 0.2) is 17.4 Å². The number of nitrogens with one attached hydrogen (secondary N) is 2. The molecule has 0 unspecified atom stereocenters. The van der Waals surface area contributed by atoms with E-state index in [1.807, 2.05) is 0 Å². The van der Waals surface area contributed by atoms with E-state index in [1.165, 1.54) is 49.2 Å². The summed E-state index contributed by atoms with van der Waals surface area (Å²) < 4.78 is 50.1. The Labute approximate surface area is 212 Å². The van der Waals surface area contributed by atoms with Crippen LogP contribution in [0.25, 0.3) is 22.3 Å². The highest BCUT2D eigenvalue weighted by Crippen LogP contribution is 2.33. The van der Waals surface area contributed by atoms with Crippen molar-refractivity contribution in [2.75, 3.05) is 5.32 Å². The molecule has 2 N–H and O–H groups in total. The third kappa shape index (κ3) is 4.87. The minimum absolute atomic E-state index is 0.0350. The Morgan fingerprint density at radius 3 is 2.53 bits per heavy atom. The van der Waals surface area contributed by atoms with E-state index in [1.54, 1.807) is 17.9 Å². The predicted molar refractivity (Wildman–Crippen MR) is 131 cm³/mol. The predicted octanol–water partition coefficient (Wildman–Crippen LogP) is 4.69. The summed E-state index contributed by atoms with van der Waals surface area (Å²) >= 11 is 0. The molecule has 0 atom stereocenters. The van der Waals surface area contributed by atoms with Gasteiger partial charge < -0.3 is 15.0 Å². The fourth-order valence-electron chi connectivity index (χ4n) is 3.65. The number of halogens is 3. The van der Waals surface area contributed by atoms with Gasteiger partial charge >= 0.3 is 0 Å². The Kier molecular flexibility index (Phi) is 6.44. The van der Waals surface area contributed by atoms with E-state index >= 15 is 0 Å². The van der Waals surface area contributed by atoms with Crippen molar-refractivity contribution in [3.8, 4) is 33.9 Å². The first-order valence-electron chi connectivity index (χ1n) is 11.0. The monoisotopic (exact) mass is 518 g/mol. The van der Waals surface area contributed by atoms with Gasteiger partial charge in [0.25, 0.3) is 5.91 Å². The van der Waals surface area contributed by atoms with Gasteiger partial charge in [-0.2, -0.15) is 5.10 Å². The van der Waals surface area contributed by atoms with Crippen molar-refractivity contribution in [2.24, 2.45) is 7.05 Å². The summed E-state index contributed by atoms with van der Waals surface area (Å²) in [6.45, 7) is 0. The highest BCUT2D eigenvalue weighted by Gasteiger charge is 2.20. The van der Waals surface area contributed by atoms with Crippen LogP contribution in [0.3, 0.4) is 0 Å². The Bertz CT molecular complexity index is 1720. The van der Waals surface area contributed by atoms with Crippen molar-refractivity contribution in [3.05, 3.63) is 107 Å². The highest BCUT2D eigenvalue weighted by atomic mass is 19.1. The number of nitrogens with zero attached hydrogens (tertiary/aromatic N) is 4. The summed E-state index contributed by atoms with van der Waals surface area (Å²) in [6, 6.07) is 6.58. The largest absolute Gasteiger partial charge is 0.435 e. The lowest BCUT2D eigenvalue weighted by Gasteiger charge is -2.12. The van der Waals surface area contributed by atoms with Crippen LogP contribution in [0, 0.1) is 17.5 Å². The molecule has 3 aromatic heterocycles. The molecule has 0 saturated heterocycles. The second-order valence-electron chi connectivity index (χ2n) is 8.08. The number of benzene rings is 2. The molecule has 0 bridgehead atoms. The van der Waals surface area contributed by atoms with Crippen LogP contribution in [-0.4, -0.2) is 30.6 Å². The number of amides is 1. The Hall–Kier alpha value is -5.26. The van der Waals surface area contributed by atoms with Gasteiger partial charge in [0.1, 0.15) is 17.7 Å². The molecule has 0 aliphatic rings. The fourth-order valence-corrected chi connectivity index (χ4v) is 3.65. The van der Waals surface area contributed by atoms with Crippen LogP contribution >= 0.6 is 0 Å². The maximum atomic E-state index is 14.9. The molecule has 2 aromatic carbocycles. The van der Waals surface area contributed by atoms with Gasteiger partial charge in [0.05, 0.1) is 17.4 Å². The molecule has 0 aliphatic heterocycles. The second kappa shape index (κ2) is 10.0. The molecule has 0 spiro atoms. The molecule has 190 valence electrons. The van der Waals surface area contributed by atoms with Crippen molar-refractivity contribution in [2.45, 2.75) is 0 Å². The number of carbonyl (C=O) groups is 1. The molecular weight excluding hydrogens is 501 g/mol. The van der Waals surface area contributed by atoms with Gasteiger partial charge in [-0.15, -0.1) is 0 Å². The quantitative estimate of drug-likeness (QED) is 0.337. The van der Waals surface area contributed by atoms with Gasteiger partial charge in [-0.1, -0.05) is 12.1 Å². The number of aryl methyl sites for hydroxylation is 1. The third-order valence-electron chi connectivity index (χ3n) is 5.51. The van der Waals surface area contributed by atoms with Crippen LogP contribution < -0.4 is 15.5 Å². The van der Waals surface area contributed by atoms with Gasteiger partial charge in [-0.25, -0.2) is 23.1 Å². The molecule has 38 heavy (non-hydrogen) atoms. The van der Waals surface area contributed by atoms with Crippen LogP contribution in [0.1, 0.15) is 10.4 Å². The molecule has 5 aromatic rings. The zero-order chi connectivity index (χ0) is 26.8. The number of anilines is 1. The smallest absolute Gasteiger partial charge is 0.261 e. The summed E-state index contributed by atoms with van der Waals surface area (Å²) in [5.74, 6) is -3.99. The van der Waals surface area contributed by atoms with Gasteiger partial charge in [-0.05, 0) is 17.7 Å².